The average molecular weight is 260 g/mol. The molecule has 0 spiro atoms. The zero-order valence-electron chi connectivity index (χ0n) is 11.7. The Morgan fingerprint density at radius 3 is 2.89 bits per heavy atom. The molecule has 0 aliphatic carbocycles. The molecule has 0 saturated carbocycles. The predicted molar refractivity (Wildman–Crippen MR) is 71.8 cm³/mol. The van der Waals surface area contributed by atoms with Gasteiger partial charge in [0.1, 0.15) is 0 Å². The van der Waals surface area contributed by atoms with Gasteiger partial charge in [0, 0.05) is 26.2 Å². The van der Waals surface area contributed by atoms with Crippen LogP contribution in [-0.4, -0.2) is 75.3 Å². The van der Waals surface area contributed by atoms with Crippen molar-refractivity contribution in [1.82, 2.24) is 10.2 Å². The van der Waals surface area contributed by atoms with Crippen LogP contribution in [0.4, 0.5) is 0 Å². The second-order valence-electron chi connectivity index (χ2n) is 4.86. The normalized spacial score (nSPS) is 21.7. The molecular formula is C13H28N2O3. The maximum Gasteiger partial charge on any atom is 0.0900 e. The minimum absolute atomic E-state index is 0.393. The molecule has 5 nitrogen and oxygen atoms in total. The predicted octanol–water partition coefficient (Wildman–Crippen LogP) is 0.0842. The zero-order chi connectivity index (χ0) is 13.2. The Kier molecular flexibility index (Phi) is 8.54. The lowest BCUT2D eigenvalue weighted by Gasteiger charge is -2.29. The topological polar surface area (TPSA) is 54.0 Å². The van der Waals surface area contributed by atoms with Crippen LogP contribution in [0.1, 0.15) is 19.8 Å². The molecule has 18 heavy (non-hydrogen) atoms. The summed E-state index contributed by atoms with van der Waals surface area (Å²) in [5.74, 6) is 0. The van der Waals surface area contributed by atoms with Gasteiger partial charge in [-0.3, -0.25) is 4.90 Å². The minimum atomic E-state index is -0.408. The summed E-state index contributed by atoms with van der Waals surface area (Å²) >= 11 is 0. The van der Waals surface area contributed by atoms with Crippen molar-refractivity contribution in [2.75, 3.05) is 53.1 Å². The van der Waals surface area contributed by atoms with Gasteiger partial charge in [0.15, 0.2) is 0 Å². The average Bonchev–Trinajstić information content (AvgIpc) is 2.88. The molecule has 2 N–H and O–H groups in total. The highest BCUT2D eigenvalue weighted by molar-refractivity contribution is 4.81. The number of hydrogen-bond donors (Lipinski definition) is 2. The van der Waals surface area contributed by atoms with E-state index in [0.717, 1.165) is 26.1 Å². The largest absolute Gasteiger partial charge is 0.389 e. The summed E-state index contributed by atoms with van der Waals surface area (Å²) in [4.78, 5) is 2.38. The second kappa shape index (κ2) is 9.69. The molecule has 1 fully saturated rings. The van der Waals surface area contributed by atoms with Crippen LogP contribution in [0, 0.1) is 0 Å². The van der Waals surface area contributed by atoms with Crippen LogP contribution in [0.3, 0.4) is 0 Å². The van der Waals surface area contributed by atoms with Gasteiger partial charge in [0.05, 0.1) is 25.9 Å². The second-order valence-corrected chi connectivity index (χ2v) is 4.86. The maximum absolute atomic E-state index is 9.98. The Hall–Kier alpha value is -0.200. The number of ether oxygens (including phenoxy) is 2. The molecule has 0 amide bonds. The van der Waals surface area contributed by atoms with Crippen LogP contribution in [0.15, 0.2) is 0 Å². The summed E-state index contributed by atoms with van der Waals surface area (Å²) < 4.78 is 10.3. The van der Waals surface area contributed by atoms with Gasteiger partial charge < -0.3 is 19.9 Å². The standard InChI is InChI=1S/C13H28N2O3/c1-3-6-15(12-4-5-14-9-12)10-13(16)11-18-8-7-17-2/h12-14,16H,3-11H2,1-2H3. The molecule has 0 radical (unpaired) electrons. The van der Waals surface area contributed by atoms with Gasteiger partial charge in [-0.2, -0.15) is 0 Å². The van der Waals surface area contributed by atoms with Crippen molar-refractivity contribution in [3.05, 3.63) is 0 Å². The van der Waals surface area contributed by atoms with Gasteiger partial charge in [-0.25, -0.2) is 0 Å². The van der Waals surface area contributed by atoms with E-state index in [1.165, 1.54) is 6.42 Å². The van der Waals surface area contributed by atoms with Crippen LogP contribution in [0.2, 0.25) is 0 Å². The third-order valence-corrected chi connectivity index (χ3v) is 3.25. The Labute approximate surface area is 110 Å². The Morgan fingerprint density at radius 2 is 2.28 bits per heavy atom. The lowest BCUT2D eigenvalue weighted by Crippen LogP contribution is -2.43. The lowest BCUT2D eigenvalue weighted by atomic mass is 10.2. The number of hydrogen-bond acceptors (Lipinski definition) is 5. The van der Waals surface area contributed by atoms with Crippen LogP contribution < -0.4 is 5.32 Å². The molecule has 1 heterocycles. The highest BCUT2D eigenvalue weighted by Gasteiger charge is 2.23. The fourth-order valence-electron chi connectivity index (χ4n) is 2.35. The first-order valence-corrected chi connectivity index (χ1v) is 6.97. The molecular weight excluding hydrogens is 232 g/mol. The van der Waals surface area contributed by atoms with E-state index in [2.05, 4.69) is 17.1 Å². The first-order valence-electron chi connectivity index (χ1n) is 6.97. The van der Waals surface area contributed by atoms with Crippen LogP contribution >= 0.6 is 0 Å². The molecule has 1 saturated heterocycles. The molecule has 0 bridgehead atoms. The van der Waals surface area contributed by atoms with Crippen molar-refractivity contribution in [3.8, 4) is 0 Å². The maximum atomic E-state index is 9.98. The Bertz CT molecular complexity index is 199. The third-order valence-electron chi connectivity index (χ3n) is 3.25. The molecule has 0 aromatic carbocycles. The number of rotatable bonds is 10. The number of aliphatic hydroxyl groups excluding tert-OH is 1. The van der Waals surface area contributed by atoms with Crippen molar-refractivity contribution in [2.45, 2.75) is 31.9 Å². The zero-order valence-corrected chi connectivity index (χ0v) is 11.7. The number of methoxy groups -OCH3 is 1. The SMILES string of the molecule is CCCN(CC(O)COCCOC)C1CCNC1. The van der Waals surface area contributed by atoms with E-state index in [-0.39, 0.29) is 0 Å². The van der Waals surface area contributed by atoms with Crippen molar-refractivity contribution in [3.63, 3.8) is 0 Å². The van der Waals surface area contributed by atoms with Crippen molar-refractivity contribution < 1.29 is 14.6 Å². The number of nitrogens with zero attached hydrogens (tertiary/aromatic N) is 1. The number of nitrogens with one attached hydrogen (secondary N) is 1. The molecule has 2 unspecified atom stereocenters. The summed E-state index contributed by atoms with van der Waals surface area (Å²) in [5, 5.41) is 13.4. The molecule has 0 aromatic heterocycles. The van der Waals surface area contributed by atoms with Crippen molar-refractivity contribution >= 4 is 0 Å². The van der Waals surface area contributed by atoms with Gasteiger partial charge in [0.25, 0.3) is 0 Å². The van der Waals surface area contributed by atoms with Crippen LogP contribution in [0.25, 0.3) is 0 Å². The van der Waals surface area contributed by atoms with Gasteiger partial charge in [-0.05, 0) is 25.9 Å². The fraction of sp³-hybridized carbons (Fsp3) is 1.00. The van der Waals surface area contributed by atoms with E-state index in [1.807, 2.05) is 0 Å². The number of aliphatic hydroxyl groups is 1. The quantitative estimate of drug-likeness (QED) is 0.545. The Morgan fingerprint density at radius 1 is 1.44 bits per heavy atom. The molecule has 2 atom stereocenters. The molecule has 0 aromatic rings. The first kappa shape index (κ1) is 15.9. The van der Waals surface area contributed by atoms with Crippen LogP contribution in [-0.2, 0) is 9.47 Å². The third kappa shape index (κ3) is 6.11. The van der Waals surface area contributed by atoms with E-state index in [9.17, 15) is 5.11 Å². The van der Waals surface area contributed by atoms with E-state index in [1.54, 1.807) is 7.11 Å². The molecule has 1 aliphatic rings. The van der Waals surface area contributed by atoms with Gasteiger partial charge in [-0.1, -0.05) is 6.92 Å². The van der Waals surface area contributed by atoms with Gasteiger partial charge >= 0.3 is 0 Å². The lowest BCUT2D eigenvalue weighted by molar-refractivity contribution is -0.00533. The Balaban J connectivity index is 2.21. The summed E-state index contributed by atoms with van der Waals surface area (Å²) in [6.07, 6.45) is 1.89. The molecule has 1 aliphatic heterocycles. The van der Waals surface area contributed by atoms with E-state index < -0.39 is 6.10 Å². The van der Waals surface area contributed by atoms with Crippen LogP contribution in [0.5, 0.6) is 0 Å². The van der Waals surface area contributed by atoms with Gasteiger partial charge in [-0.15, -0.1) is 0 Å². The van der Waals surface area contributed by atoms with Crippen molar-refractivity contribution in [1.29, 1.82) is 0 Å². The van der Waals surface area contributed by atoms with Gasteiger partial charge in [0.2, 0.25) is 0 Å². The van der Waals surface area contributed by atoms with E-state index >= 15 is 0 Å². The molecule has 5 heteroatoms. The summed E-state index contributed by atoms with van der Waals surface area (Å²) in [7, 11) is 1.65. The highest BCUT2D eigenvalue weighted by atomic mass is 16.5. The van der Waals surface area contributed by atoms with E-state index in [4.69, 9.17) is 9.47 Å². The summed E-state index contributed by atoms with van der Waals surface area (Å²) in [6, 6.07) is 0.568. The molecule has 1 rings (SSSR count). The minimum Gasteiger partial charge on any atom is -0.389 e. The van der Waals surface area contributed by atoms with E-state index in [0.29, 0.717) is 32.4 Å². The molecule has 108 valence electrons. The van der Waals surface area contributed by atoms with Crippen molar-refractivity contribution in [2.24, 2.45) is 0 Å². The first-order chi connectivity index (χ1) is 8.77. The monoisotopic (exact) mass is 260 g/mol. The summed E-state index contributed by atoms with van der Waals surface area (Å²) in [6.45, 7) is 7.57. The fourth-order valence-corrected chi connectivity index (χ4v) is 2.35. The smallest absolute Gasteiger partial charge is 0.0900 e. The highest BCUT2D eigenvalue weighted by Crippen LogP contribution is 2.10. The summed E-state index contributed by atoms with van der Waals surface area (Å²) in [5.41, 5.74) is 0.